The molecule has 2 N–H and O–H groups in total. The summed E-state index contributed by atoms with van der Waals surface area (Å²) >= 11 is 0. The van der Waals surface area contributed by atoms with Gasteiger partial charge in [-0.1, -0.05) is 6.07 Å². The van der Waals surface area contributed by atoms with Gasteiger partial charge in [0.1, 0.15) is 0 Å². The molecule has 0 aliphatic heterocycles. The first kappa shape index (κ1) is 13.2. The lowest BCUT2D eigenvalue weighted by molar-refractivity contribution is 0.0430. The van der Waals surface area contributed by atoms with E-state index in [9.17, 15) is 5.11 Å². The van der Waals surface area contributed by atoms with Crippen LogP contribution in [0.1, 0.15) is 18.4 Å². The number of methoxy groups -OCH3 is 2. The molecule has 1 aromatic rings. The minimum Gasteiger partial charge on any atom is -0.493 e. The molecule has 1 aliphatic carbocycles. The fourth-order valence-corrected chi connectivity index (χ4v) is 2.28. The summed E-state index contributed by atoms with van der Waals surface area (Å²) in [6.07, 6.45) is 1.79. The van der Waals surface area contributed by atoms with Crippen LogP contribution in [-0.4, -0.2) is 32.0 Å². The van der Waals surface area contributed by atoms with E-state index < -0.39 is 0 Å². The van der Waals surface area contributed by atoms with Crippen molar-refractivity contribution in [3.05, 3.63) is 23.8 Å². The van der Waals surface area contributed by atoms with Crippen LogP contribution in [0.25, 0.3) is 0 Å². The maximum absolute atomic E-state index is 9.20. The lowest BCUT2D eigenvalue weighted by Gasteiger charge is -2.31. The number of hydrogen-bond acceptors (Lipinski definition) is 4. The molecule has 1 fully saturated rings. The summed E-state index contributed by atoms with van der Waals surface area (Å²) in [6, 6.07) is 5.94. The Balaban J connectivity index is 1.81. The molecule has 0 aromatic heterocycles. The molecule has 0 radical (unpaired) electrons. The normalized spacial score (nSPS) is 22.4. The molecule has 0 atom stereocenters. The first-order valence-electron chi connectivity index (χ1n) is 6.32. The second-order valence-corrected chi connectivity index (χ2v) is 4.81. The summed E-state index contributed by atoms with van der Waals surface area (Å²) in [5.74, 6) is 2.14. The van der Waals surface area contributed by atoms with Crippen LogP contribution in [0.5, 0.6) is 11.5 Å². The molecule has 4 nitrogen and oxygen atoms in total. The Morgan fingerprint density at radius 3 is 2.56 bits per heavy atom. The Morgan fingerprint density at radius 1 is 1.22 bits per heavy atom. The second-order valence-electron chi connectivity index (χ2n) is 4.81. The molecule has 1 aliphatic rings. The van der Waals surface area contributed by atoms with Crippen molar-refractivity contribution < 1.29 is 14.6 Å². The van der Waals surface area contributed by atoms with E-state index in [1.54, 1.807) is 14.2 Å². The number of aliphatic hydroxyl groups is 1. The zero-order valence-electron chi connectivity index (χ0n) is 11.0. The van der Waals surface area contributed by atoms with E-state index in [0.717, 1.165) is 37.4 Å². The molecule has 0 bridgehead atoms. The van der Waals surface area contributed by atoms with Crippen molar-refractivity contribution in [2.75, 3.05) is 20.8 Å². The molecular weight excluding hydrogens is 230 g/mol. The third-order valence-corrected chi connectivity index (χ3v) is 3.42. The van der Waals surface area contributed by atoms with E-state index in [4.69, 9.17) is 9.47 Å². The van der Waals surface area contributed by atoms with Crippen LogP contribution in [0.15, 0.2) is 18.2 Å². The van der Waals surface area contributed by atoms with Gasteiger partial charge in [0.15, 0.2) is 11.5 Å². The number of ether oxygens (including phenoxy) is 2. The van der Waals surface area contributed by atoms with Crippen LogP contribution in [0.4, 0.5) is 0 Å². The van der Waals surface area contributed by atoms with Gasteiger partial charge in [-0.3, -0.25) is 0 Å². The topological polar surface area (TPSA) is 50.7 Å². The van der Waals surface area contributed by atoms with Gasteiger partial charge in [0.05, 0.1) is 20.3 Å². The molecule has 2 rings (SSSR count). The second kappa shape index (κ2) is 6.07. The fourth-order valence-electron chi connectivity index (χ4n) is 2.28. The lowest BCUT2D eigenvalue weighted by Crippen LogP contribution is -2.35. The highest BCUT2D eigenvalue weighted by atomic mass is 16.5. The van der Waals surface area contributed by atoms with Crippen molar-refractivity contribution in [1.29, 1.82) is 0 Å². The van der Waals surface area contributed by atoms with E-state index in [2.05, 4.69) is 5.32 Å². The highest BCUT2D eigenvalue weighted by molar-refractivity contribution is 5.42. The molecular formula is C14H21NO3. The first-order valence-corrected chi connectivity index (χ1v) is 6.32. The average Bonchev–Trinajstić information content (AvgIpc) is 2.36. The van der Waals surface area contributed by atoms with Gasteiger partial charge >= 0.3 is 0 Å². The lowest BCUT2D eigenvalue weighted by atomic mass is 9.82. The predicted molar refractivity (Wildman–Crippen MR) is 70.0 cm³/mol. The van der Waals surface area contributed by atoms with Crippen LogP contribution in [0, 0.1) is 5.92 Å². The molecule has 0 heterocycles. The molecule has 1 aromatic carbocycles. The first-order chi connectivity index (χ1) is 8.72. The van der Waals surface area contributed by atoms with Crippen LogP contribution < -0.4 is 14.8 Å². The largest absolute Gasteiger partial charge is 0.493 e. The van der Waals surface area contributed by atoms with Gasteiger partial charge in [-0.2, -0.15) is 0 Å². The van der Waals surface area contributed by atoms with Gasteiger partial charge in [0.2, 0.25) is 0 Å². The van der Waals surface area contributed by atoms with Crippen LogP contribution in [0.3, 0.4) is 0 Å². The Bertz CT molecular complexity index is 389. The van der Waals surface area contributed by atoms with Gasteiger partial charge in [0.25, 0.3) is 0 Å². The molecule has 4 heteroatoms. The maximum atomic E-state index is 9.20. The Kier molecular flexibility index (Phi) is 4.44. The quantitative estimate of drug-likeness (QED) is 0.805. The molecule has 100 valence electrons. The summed E-state index contributed by atoms with van der Waals surface area (Å²) in [4.78, 5) is 0. The monoisotopic (exact) mass is 251 g/mol. The third kappa shape index (κ3) is 3.15. The van der Waals surface area contributed by atoms with E-state index in [1.165, 1.54) is 5.56 Å². The van der Waals surface area contributed by atoms with Crippen molar-refractivity contribution in [2.45, 2.75) is 25.5 Å². The molecule has 0 spiro atoms. The Morgan fingerprint density at radius 2 is 1.94 bits per heavy atom. The zero-order valence-corrected chi connectivity index (χ0v) is 11.0. The van der Waals surface area contributed by atoms with Crippen molar-refractivity contribution >= 4 is 0 Å². The number of nitrogens with one attached hydrogen (secondary N) is 1. The van der Waals surface area contributed by atoms with E-state index in [0.29, 0.717) is 5.92 Å². The summed E-state index contributed by atoms with van der Waals surface area (Å²) in [5, 5.41) is 12.6. The van der Waals surface area contributed by atoms with Gasteiger partial charge in [-0.25, -0.2) is 0 Å². The Labute approximate surface area is 108 Å². The van der Waals surface area contributed by atoms with Crippen LogP contribution in [0.2, 0.25) is 0 Å². The van der Waals surface area contributed by atoms with Crippen molar-refractivity contribution in [2.24, 2.45) is 5.92 Å². The zero-order chi connectivity index (χ0) is 13.0. The smallest absolute Gasteiger partial charge is 0.161 e. The van der Waals surface area contributed by atoms with Gasteiger partial charge in [0, 0.05) is 6.54 Å². The number of rotatable bonds is 6. The van der Waals surface area contributed by atoms with Crippen molar-refractivity contribution in [1.82, 2.24) is 5.32 Å². The highest BCUT2D eigenvalue weighted by Gasteiger charge is 2.26. The fraction of sp³-hybridized carbons (Fsp3) is 0.571. The summed E-state index contributed by atoms with van der Waals surface area (Å²) < 4.78 is 10.5. The Hall–Kier alpha value is -1.26. The van der Waals surface area contributed by atoms with Gasteiger partial charge in [-0.05, 0) is 43.0 Å². The average molecular weight is 251 g/mol. The molecule has 18 heavy (non-hydrogen) atoms. The molecule has 0 unspecified atom stereocenters. The molecule has 1 saturated carbocycles. The van der Waals surface area contributed by atoms with E-state index >= 15 is 0 Å². The SMILES string of the molecule is COc1ccc(CNCC2CC(O)C2)cc1OC. The minimum atomic E-state index is -0.0714. The highest BCUT2D eigenvalue weighted by Crippen LogP contribution is 2.28. The standard InChI is InChI=1S/C14H21NO3/c1-17-13-4-3-10(7-14(13)18-2)8-15-9-11-5-12(16)6-11/h3-4,7,11-12,15-16H,5-6,8-9H2,1-2H3. The summed E-state index contributed by atoms with van der Waals surface area (Å²) in [7, 11) is 3.28. The predicted octanol–water partition coefficient (Wildman–Crippen LogP) is 1.56. The van der Waals surface area contributed by atoms with Crippen molar-refractivity contribution in [3.63, 3.8) is 0 Å². The maximum Gasteiger partial charge on any atom is 0.161 e. The summed E-state index contributed by atoms with van der Waals surface area (Å²) in [5.41, 5.74) is 1.17. The number of hydrogen-bond donors (Lipinski definition) is 2. The van der Waals surface area contributed by atoms with Gasteiger partial charge < -0.3 is 19.9 Å². The van der Waals surface area contributed by atoms with Crippen LogP contribution in [-0.2, 0) is 6.54 Å². The van der Waals surface area contributed by atoms with E-state index in [-0.39, 0.29) is 6.10 Å². The summed E-state index contributed by atoms with van der Waals surface area (Å²) in [6.45, 7) is 1.78. The van der Waals surface area contributed by atoms with Crippen LogP contribution >= 0.6 is 0 Å². The third-order valence-electron chi connectivity index (χ3n) is 3.42. The number of benzene rings is 1. The van der Waals surface area contributed by atoms with Gasteiger partial charge in [-0.15, -0.1) is 0 Å². The minimum absolute atomic E-state index is 0.0714. The van der Waals surface area contributed by atoms with Crippen molar-refractivity contribution in [3.8, 4) is 11.5 Å². The molecule has 0 amide bonds. The molecule has 0 saturated heterocycles. The number of aliphatic hydroxyl groups excluding tert-OH is 1. The van der Waals surface area contributed by atoms with E-state index in [1.807, 2.05) is 18.2 Å².